The minimum Gasteiger partial charge on any atom is -0.383 e. The highest BCUT2D eigenvalue weighted by atomic mass is 32.2. The number of hydrogen-bond donors (Lipinski definition) is 3. The van der Waals surface area contributed by atoms with Crippen molar-refractivity contribution >= 4 is 40.5 Å². The Morgan fingerprint density at radius 1 is 1.24 bits per heavy atom. The number of nitrogens with one attached hydrogen (secondary N) is 2. The molecule has 1 aromatic heterocycles. The molecule has 1 unspecified atom stereocenters. The largest absolute Gasteiger partial charge is 0.383 e. The van der Waals surface area contributed by atoms with Gasteiger partial charge in [-0.1, -0.05) is 31.4 Å². The number of carbonyl (C=O) groups excluding carboxylic acids is 1. The van der Waals surface area contributed by atoms with Gasteiger partial charge in [0.05, 0.1) is 15.8 Å². The van der Waals surface area contributed by atoms with Crippen LogP contribution >= 0.6 is 23.1 Å². The Kier molecular flexibility index (Phi) is 7.82. The van der Waals surface area contributed by atoms with E-state index in [1.165, 1.54) is 48.3 Å². The van der Waals surface area contributed by atoms with Gasteiger partial charge in [-0.2, -0.15) is 0 Å². The number of amidine groups is 1. The molecular formula is C26H36N4OS2. The minimum atomic E-state index is -0.134. The first-order valence-corrected chi connectivity index (χ1v) is 13.8. The van der Waals surface area contributed by atoms with Crippen molar-refractivity contribution in [2.24, 2.45) is 5.73 Å². The number of nitrogens with zero attached hydrogens (tertiary/aromatic N) is 1. The number of hydrogen-bond acceptors (Lipinski definition) is 5. The monoisotopic (exact) mass is 484 g/mol. The molecule has 5 nitrogen and oxygen atoms in total. The van der Waals surface area contributed by atoms with Crippen LogP contribution in [0.4, 0.5) is 5.69 Å². The van der Waals surface area contributed by atoms with Crippen molar-refractivity contribution in [1.82, 2.24) is 5.32 Å². The summed E-state index contributed by atoms with van der Waals surface area (Å²) in [6.45, 7) is 5.44. The zero-order valence-electron chi connectivity index (χ0n) is 19.7. The minimum absolute atomic E-state index is 0.0904. The molecular weight excluding hydrogens is 448 g/mol. The quantitative estimate of drug-likeness (QED) is 0.247. The van der Waals surface area contributed by atoms with Crippen LogP contribution in [0.25, 0.3) is 0 Å². The third-order valence-corrected chi connectivity index (χ3v) is 9.24. The summed E-state index contributed by atoms with van der Waals surface area (Å²) in [5.74, 6) is 0.291. The third-order valence-electron chi connectivity index (χ3n) is 6.85. The lowest BCUT2D eigenvalue weighted by atomic mass is 9.84. The van der Waals surface area contributed by atoms with Gasteiger partial charge in [0.2, 0.25) is 5.91 Å². The normalized spacial score (nSPS) is 25.2. The van der Waals surface area contributed by atoms with Crippen molar-refractivity contribution in [2.45, 2.75) is 86.9 Å². The van der Waals surface area contributed by atoms with Crippen LogP contribution in [0.2, 0.25) is 0 Å². The molecule has 0 spiro atoms. The highest BCUT2D eigenvalue weighted by Gasteiger charge is 2.34. The maximum absolute atomic E-state index is 13.5. The number of nitrogens with two attached hydrogens (primary N) is 1. The van der Waals surface area contributed by atoms with Crippen molar-refractivity contribution in [3.8, 4) is 0 Å². The van der Waals surface area contributed by atoms with E-state index < -0.39 is 0 Å². The Morgan fingerprint density at radius 2 is 2.06 bits per heavy atom. The van der Waals surface area contributed by atoms with Crippen molar-refractivity contribution in [2.75, 3.05) is 11.4 Å². The predicted molar refractivity (Wildman–Crippen MR) is 141 cm³/mol. The number of piperidine rings is 1. The second-order valence-electron chi connectivity index (χ2n) is 9.76. The van der Waals surface area contributed by atoms with E-state index in [4.69, 9.17) is 11.1 Å². The first kappa shape index (κ1) is 24.3. The third kappa shape index (κ3) is 6.00. The van der Waals surface area contributed by atoms with Crippen LogP contribution in [-0.2, 0) is 11.2 Å². The summed E-state index contributed by atoms with van der Waals surface area (Å²) in [5.41, 5.74) is 6.94. The van der Waals surface area contributed by atoms with Crippen LogP contribution in [0, 0.1) is 5.41 Å². The standard InChI is InChI=1S/C26H36N4OS2/c1-18-9-8-15-26(2,29-18)14-6-3-7-16-30-20-10-4-5-11-21(20)33-23(25(30)31)17-19-12-13-22(32-19)24(27)28/h4-5,10-13,18,23,29H,3,6-9,14-17H2,1-2H3,(H3,27,28)/t18-,23?,26+/m0/s1. The van der Waals surface area contributed by atoms with Gasteiger partial charge in [-0.3, -0.25) is 10.2 Å². The number of rotatable bonds is 9. The molecule has 1 fully saturated rings. The van der Waals surface area contributed by atoms with E-state index >= 15 is 0 Å². The van der Waals surface area contributed by atoms with Crippen molar-refractivity contribution in [3.63, 3.8) is 0 Å². The smallest absolute Gasteiger partial charge is 0.240 e. The SMILES string of the molecule is C[C@H]1CCC[C@@](C)(CCCCCN2C(=O)C(Cc3ccc(C(=N)N)s3)Sc3ccccc32)N1. The molecule has 4 N–H and O–H groups in total. The molecule has 0 radical (unpaired) electrons. The lowest BCUT2D eigenvalue weighted by Gasteiger charge is -2.39. The van der Waals surface area contributed by atoms with E-state index in [0.717, 1.165) is 34.8 Å². The highest BCUT2D eigenvalue weighted by Crippen LogP contribution is 2.41. The van der Waals surface area contributed by atoms with E-state index in [0.29, 0.717) is 12.5 Å². The molecule has 2 aliphatic heterocycles. The van der Waals surface area contributed by atoms with Crippen LogP contribution in [0.1, 0.15) is 68.5 Å². The van der Waals surface area contributed by atoms with E-state index in [1.807, 2.05) is 23.1 Å². The Hall–Kier alpha value is -1.83. The molecule has 0 bridgehead atoms. The maximum Gasteiger partial charge on any atom is 0.240 e. The fourth-order valence-electron chi connectivity index (χ4n) is 5.15. The molecule has 4 rings (SSSR count). The van der Waals surface area contributed by atoms with Gasteiger partial charge in [0, 0.05) is 34.3 Å². The summed E-state index contributed by atoms with van der Waals surface area (Å²) in [7, 11) is 0. The first-order chi connectivity index (χ1) is 15.8. The molecule has 2 aliphatic rings. The van der Waals surface area contributed by atoms with Gasteiger partial charge in [-0.05, 0) is 63.8 Å². The topological polar surface area (TPSA) is 82.2 Å². The number of anilines is 1. The highest BCUT2D eigenvalue weighted by molar-refractivity contribution is 8.01. The summed E-state index contributed by atoms with van der Waals surface area (Å²) in [6.07, 6.45) is 9.11. The van der Waals surface area contributed by atoms with Crippen LogP contribution in [0.15, 0.2) is 41.3 Å². The Labute approximate surface area is 206 Å². The summed E-state index contributed by atoms with van der Waals surface area (Å²) >= 11 is 3.18. The van der Waals surface area contributed by atoms with E-state index in [1.54, 1.807) is 11.8 Å². The zero-order chi connectivity index (χ0) is 23.4. The number of benzene rings is 1. The lowest BCUT2D eigenvalue weighted by Crippen LogP contribution is -2.50. The van der Waals surface area contributed by atoms with Gasteiger partial charge in [-0.25, -0.2) is 0 Å². The molecule has 0 aliphatic carbocycles. The van der Waals surface area contributed by atoms with Crippen molar-refractivity contribution < 1.29 is 4.79 Å². The molecule has 1 amide bonds. The van der Waals surface area contributed by atoms with E-state index in [-0.39, 0.29) is 22.5 Å². The number of unbranched alkanes of at least 4 members (excludes halogenated alkanes) is 2. The van der Waals surface area contributed by atoms with Gasteiger partial charge in [0.25, 0.3) is 0 Å². The molecule has 1 aromatic carbocycles. The molecule has 0 saturated carbocycles. The lowest BCUT2D eigenvalue weighted by molar-refractivity contribution is -0.118. The number of fused-ring (bicyclic) bond motifs is 1. The first-order valence-electron chi connectivity index (χ1n) is 12.1. The molecule has 33 heavy (non-hydrogen) atoms. The maximum atomic E-state index is 13.5. The Balaban J connectivity index is 1.35. The van der Waals surface area contributed by atoms with Gasteiger partial charge in [-0.15, -0.1) is 23.1 Å². The predicted octanol–water partition coefficient (Wildman–Crippen LogP) is 5.56. The Morgan fingerprint density at radius 3 is 2.82 bits per heavy atom. The average Bonchev–Trinajstić information content (AvgIpc) is 3.24. The number of carbonyl (C=O) groups is 1. The molecule has 3 atom stereocenters. The van der Waals surface area contributed by atoms with Crippen molar-refractivity contribution in [3.05, 3.63) is 46.2 Å². The fraction of sp³-hybridized carbons (Fsp3) is 0.538. The second-order valence-corrected chi connectivity index (χ2v) is 12.2. The van der Waals surface area contributed by atoms with Gasteiger partial charge in [0.15, 0.2) is 0 Å². The second kappa shape index (κ2) is 10.6. The fourth-order valence-corrected chi connectivity index (χ4v) is 7.42. The van der Waals surface area contributed by atoms with Crippen molar-refractivity contribution in [1.29, 1.82) is 5.41 Å². The molecule has 178 valence electrons. The summed E-state index contributed by atoms with van der Waals surface area (Å²) < 4.78 is 0. The van der Waals surface area contributed by atoms with E-state index in [9.17, 15) is 4.79 Å². The summed E-state index contributed by atoms with van der Waals surface area (Å²) in [4.78, 5) is 18.5. The summed E-state index contributed by atoms with van der Waals surface area (Å²) in [6, 6.07) is 12.8. The average molecular weight is 485 g/mol. The molecule has 7 heteroatoms. The van der Waals surface area contributed by atoms with Crippen LogP contribution in [0.5, 0.6) is 0 Å². The van der Waals surface area contributed by atoms with Gasteiger partial charge in [0.1, 0.15) is 5.84 Å². The van der Waals surface area contributed by atoms with Crippen LogP contribution in [0.3, 0.4) is 0 Å². The number of thiophene rings is 1. The molecule has 3 heterocycles. The number of para-hydroxylation sites is 1. The Bertz CT molecular complexity index is 990. The van der Waals surface area contributed by atoms with E-state index in [2.05, 4.69) is 37.4 Å². The number of nitrogen functional groups attached to an aromatic ring is 1. The number of amides is 1. The van der Waals surface area contributed by atoms with Gasteiger partial charge < -0.3 is 16.0 Å². The van der Waals surface area contributed by atoms with Crippen LogP contribution in [-0.4, -0.2) is 35.1 Å². The number of thioether (sulfide) groups is 1. The molecule has 2 aromatic rings. The molecule has 1 saturated heterocycles. The van der Waals surface area contributed by atoms with Crippen LogP contribution < -0.4 is 16.0 Å². The zero-order valence-corrected chi connectivity index (χ0v) is 21.4. The van der Waals surface area contributed by atoms with Gasteiger partial charge >= 0.3 is 0 Å². The summed E-state index contributed by atoms with van der Waals surface area (Å²) in [5, 5.41) is 11.3.